The second-order valence-electron chi connectivity index (χ2n) is 7.27. The van der Waals surface area contributed by atoms with E-state index < -0.39 is 0 Å². The molecule has 2 N–H and O–H groups in total. The van der Waals surface area contributed by atoms with Crippen LogP contribution in [0.25, 0.3) is 0 Å². The summed E-state index contributed by atoms with van der Waals surface area (Å²) in [6.45, 7) is 13.1. The summed E-state index contributed by atoms with van der Waals surface area (Å²) in [5.41, 5.74) is 2.23. The highest BCUT2D eigenvalue weighted by Gasteiger charge is 2.17. The Bertz CT molecular complexity index is 791. The number of pyridine rings is 1. The average Bonchev–Trinajstić information content (AvgIpc) is 3.04. The fraction of sp³-hybridized carbons (Fsp3) is 0.571. The third kappa shape index (κ3) is 7.35. The normalized spacial score (nSPS) is 16.9. The molecule has 9 heteroatoms. The Labute approximate surface area is 200 Å². The Morgan fingerprint density at radius 3 is 2.80 bits per heavy atom. The van der Waals surface area contributed by atoms with Crippen LogP contribution < -0.4 is 15.5 Å². The van der Waals surface area contributed by atoms with Crippen LogP contribution in [0.4, 0.5) is 5.82 Å². The summed E-state index contributed by atoms with van der Waals surface area (Å²) >= 11 is 1.77. The van der Waals surface area contributed by atoms with Crippen molar-refractivity contribution >= 4 is 47.1 Å². The van der Waals surface area contributed by atoms with E-state index in [4.69, 9.17) is 9.73 Å². The summed E-state index contributed by atoms with van der Waals surface area (Å²) in [4.78, 5) is 17.5. The van der Waals surface area contributed by atoms with Gasteiger partial charge in [0, 0.05) is 43.7 Å². The Kier molecular flexibility index (Phi) is 10.3. The SMILES string of the molecule is CCNC(=NCc1ccc(N2CCOC(C)C2)nc1)NCCc1nc(C)c(C)s1.I. The fourth-order valence-corrected chi connectivity index (χ4v) is 4.10. The van der Waals surface area contributed by atoms with E-state index in [1.165, 1.54) is 9.88 Å². The zero-order chi connectivity index (χ0) is 20.6. The van der Waals surface area contributed by atoms with Crippen molar-refractivity contribution in [1.82, 2.24) is 20.6 Å². The van der Waals surface area contributed by atoms with Crippen LogP contribution in [0, 0.1) is 13.8 Å². The lowest BCUT2D eigenvalue weighted by Gasteiger charge is -2.32. The number of morpholine rings is 1. The van der Waals surface area contributed by atoms with Crippen LogP contribution in [0.5, 0.6) is 0 Å². The Morgan fingerprint density at radius 2 is 2.17 bits per heavy atom. The minimum absolute atomic E-state index is 0. The molecule has 1 unspecified atom stereocenters. The highest BCUT2D eigenvalue weighted by Crippen LogP contribution is 2.17. The fourth-order valence-electron chi connectivity index (χ4n) is 3.17. The number of aromatic nitrogens is 2. The van der Waals surface area contributed by atoms with E-state index in [0.717, 1.165) is 62.2 Å². The number of guanidine groups is 1. The summed E-state index contributed by atoms with van der Waals surface area (Å²) in [5, 5.41) is 7.87. The maximum atomic E-state index is 5.60. The van der Waals surface area contributed by atoms with Gasteiger partial charge in [-0.05, 0) is 39.3 Å². The van der Waals surface area contributed by atoms with Crippen LogP contribution in [-0.4, -0.2) is 54.8 Å². The van der Waals surface area contributed by atoms with Gasteiger partial charge in [-0.15, -0.1) is 35.3 Å². The lowest BCUT2D eigenvalue weighted by molar-refractivity contribution is 0.0529. The predicted molar refractivity (Wildman–Crippen MR) is 135 cm³/mol. The molecule has 0 radical (unpaired) electrons. The van der Waals surface area contributed by atoms with Crippen LogP contribution >= 0.6 is 35.3 Å². The first-order valence-corrected chi connectivity index (χ1v) is 11.1. The summed E-state index contributed by atoms with van der Waals surface area (Å²) < 4.78 is 5.60. The van der Waals surface area contributed by atoms with E-state index in [-0.39, 0.29) is 30.1 Å². The highest BCUT2D eigenvalue weighted by molar-refractivity contribution is 14.0. The van der Waals surface area contributed by atoms with Gasteiger partial charge < -0.3 is 20.3 Å². The van der Waals surface area contributed by atoms with Crippen molar-refractivity contribution in [2.45, 2.75) is 46.8 Å². The molecule has 3 heterocycles. The van der Waals surface area contributed by atoms with Gasteiger partial charge in [0.1, 0.15) is 5.82 Å². The minimum atomic E-state index is 0. The molecule has 1 saturated heterocycles. The number of hydrogen-bond acceptors (Lipinski definition) is 6. The molecule has 3 rings (SSSR count). The molecule has 0 aromatic carbocycles. The van der Waals surface area contributed by atoms with Crippen LogP contribution in [0.3, 0.4) is 0 Å². The number of anilines is 1. The molecule has 2 aromatic heterocycles. The molecule has 2 aromatic rings. The molecule has 1 fully saturated rings. The van der Waals surface area contributed by atoms with Crippen molar-refractivity contribution in [3.63, 3.8) is 0 Å². The first-order valence-electron chi connectivity index (χ1n) is 10.3. The van der Waals surface area contributed by atoms with Crippen LogP contribution in [0.2, 0.25) is 0 Å². The quantitative estimate of drug-likeness (QED) is 0.317. The summed E-state index contributed by atoms with van der Waals surface area (Å²) in [6.07, 6.45) is 3.07. The van der Waals surface area contributed by atoms with E-state index >= 15 is 0 Å². The molecule has 1 atom stereocenters. The van der Waals surface area contributed by atoms with Gasteiger partial charge in [0.2, 0.25) is 0 Å². The number of aliphatic imine (C=N–C) groups is 1. The van der Waals surface area contributed by atoms with Crippen LogP contribution in [0.15, 0.2) is 23.3 Å². The van der Waals surface area contributed by atoms with Gasteiger partial charge in [0.15, 0.2) is 5.96 Å². The van der Waals surface area contributed by atoms with Crippen LogP contribution in [-0.2, 0) is 17.7 Å². The van der Waals surface area contributed by atoms with Gasteiger partial charge in [-0.25, -0.2) is 15.0 Å². The molecular weight excluding hydrogens is 511 g/mol. The van der Waals surface area contributed by atoms with Crippen molar-refractivity contribution < 1.29 is 4.74 Å². The van der Waals surface area contributed by atoms with E-state index in [1.807, 2.05) is 6.20 Å². The predicted octanol–water partition coefficient (Wildman–Crippen LogP) is 3.30. The Hall–Kier alpha value is -1.46. The van der Waals surface area contributed by atoms with E-state index in [0.29, 0.717) is 6.54 Å². The number of nitrogens with one attached hydrogen (secondary N) is 2. The van der Waals surface area contributed by atoms with E-state index in [1.54, 1.807) is 11.3 Å². The van der Waals surface area contributed by atoms with Gasteiger partial charge in [0.05, 0.1) is 30.0 Å². The standard InChI is InChI=1S/C21H32N6OS.HI/c1-5-22-21(23-9-8-20-26-16(3)17(4)29-20)25-13-18-6-7-19(24-12-18)27-10-11-28-15(2)14-27;/h6-7,12,15H,5,8-11,13-14H2,1-4H3,(H2,22,23,25);1H. The topological polar surface area (TPSA) is 74.7 Å². The number of thiazole rings is 1. The third-order valence-corrected chi connectivity index (χ3v) is 5.97. The van der Waals surface area contributed by atoms with Gasteiger partial charge in [-0.2, -0.15) is 0 Å². The van der Waals surface area contributed by atoms with Gasteiger partial charge in [0.25, 0.3) is 0 Å². The zero-order valence-electron chi connectivity index (χ0n) is 18.3. The molecule has 0 saturated carbocycles. The first kappa shape index (κ1) is 24.8. The smallest absolute Gasteiger partial charge is 0.191 e. The minimum Gasteiger partial charge on any atom is -0.375 e. The molecule has 30 heavy (non-hydrogen) atoms. The average molecular weight is 545 g/mol. The second kappa shape index (κ2) is 12.4. The number of hydrogen-bond donors (Lipinski definition) is 2. The number of nitrogens with zero attached hydrogens (tertiary/aromatic N) is 4. The molecule has 0 aliphatic carbocycles. The van der Waals surface area contributed by atoms with E-state index in [2.05, 4.69) is 65.3 Å². The maximum Gasteiger partial charge on any atom is 0.191 e. The molecule has 7 nitrogen and oxygen atoms in total. The molecule has 166 valence electrons. The Balaban J connectivity index is 0.00000320. The van der Waals surface area contributed by atoms with Gasteiger partial charge >= 0.3 is 0 Å². The van der Waals surface area contributed by atoms with E-state index in [9.17, 15) is 0 Å². The first-order chi connectivity index (χ1) is 14.0. The van der Waals surface area contributed by atoms with Gasteiger partial charge in [-0.1, -0.05) is 6.07 Å². The molecule has 1 aliphatic heterocycles. The Morgan fingerprint density at radius 1 is 1.33 bits per heavy atom. The summed E-state index contributed by atoms with van der Waals surface area (Å²) in [5.74, 6) is 1.83. The maximum absolute atomic E-state index is 5.60. The monoisotopic (exact) mass is 544 g/mol. The van der Waals surface area contributed by atoms with Crippen molar-refractivity contribution in [1.29, 1.82) is 0 Å². The molecule has 0 bridgehead atoms. The van der Waals surface area contributed by atoms with Crippen molar-refractivity contribution in [3.05, 3.63) is 39.5 Å². The molecular formula is C21H33IN6OS. The number of aryl methyl sites for hydroxylation is 2. The number of ether oxygens (including phenoxy) is 1. The highest BCUT2D eigenvalue weighted by atomic mass is 127. The third-order valence-electron chi connectivity index (χ3n) is 4.84. The molecule has 1 aliphatic rings. The van der Waals surface area contributed by atoms with Crippen molar-refractivity contribution in [2.75, 3.05) is 37.7 Å². The number of halogens is 1. The zero-order valence-corrected chi connectivity index (χ0v) is 21.4. The lowest BCUT2D eigenvalue weighted by atomic mass is 10.2. The summed E-state index contributed by atoms with van der Waals surface area (Å²) in [6, 6.07) is 4.19. The number of rotatable bonds is 7. The summed E-state index contributed by atoms with van der Waals surface area (Å²) in [7, 11) is 0. The van der Waals surface area contributed by atoms with Gasteiger partial charge in [-0.3, -0.25) is 0 Å². The van der Waals surface area contributed by atoms with Crippen LogP contribution in [0.1, 0.15) is 35.0 Å². The van der Waals surface area contributed by atoms with Crippen molar-refractivity contribution in [3.8, 4) is 0 Å². The largest absolute Gasteiger partial charge is 0.375 e. The molecule has 0 amide bonds. The van der Waals surface area contributed by atoms with Crippen molar-refractivity contribution in [2.24, 2.45) is 4.99 Å². The second-order valence-corrected chi connectivity index (χ2v) is 8.56. The lowest BCUT2D eigenvalue weighted by Crippen LogP contribution is -2.41. The molecule has 0 spiro atoms.